The van der Waals surface area contributed by atoms with Gasteiger partial charge in [0.1, 0.15) is 5.75 Å². The average Bonchev–Trinajstić information content (AvgIpc) is 3.07. The van der Waals surface area contributed by atoms with E-state index in [0.29, 0.717) is 5.16 Å². The van der Waals surface area contributed by atoms with Gasteiger partial charge < -0.3 is 9.30 Å². The van der Waals surface area contributed by atoms with Crippen molar-refractivity contribution >= 4 is 23.6 Å². The normalized spacial score (nSPS) is 10.8. The van der Waals surface area contributed by atoms with E-state index in [0.717, 1.165) is 11.3 Å². The van der Waals surface area contributed by atoms with Crippen molar-refractivity contribution in [1.29, 1.82) is 0 Å². The summed E-state index contributed by atoms with van der Waals surface area (Å²) in [6.07, 6.45) is 1.73. The van der Waals surface area contributed by atoms with Gasteiger partial charge >= 0.3 is 6.61 Å². The van der Waals surface area contributed by atoms with Crippen molar-refractivity contribution < 1.29 is 23.1 Å². The molecule has 29 heavy (non-hydrogen) atoms. The summed E-state index contributed by atoms with van der Waals surface area (Å²) in [6.45, 7) is -2.94. The number of nitrogens with one attached hydrogen (secondary N) is 1. The van der Waals surface area contributed by atoms with Gasteiger partial charge in [-0.2, -0.15) is 8.78 Å². The number of carbonyl (C=O) groups excluding carboxylic acids is 2. The molecule has 3 rings (SSSR count). The van der Waals surface area contributed by atoms with Gasteiger partial charge in [0.15, 0.2) is 5.16 Å². The summed E-state index contributed by atoms with van der Waals surface area (Å²) in [5.41, 5.74) is 2.08. The van der Waals surface area contributed by atoms with Crippen molar-refractivity contribution in [1.82, 2.24) is 14.9 Å². The lowest BCUT2D eigenvalue weighted by atomic mass is 10.2. The van der Waals surface area contributed by atoms with Crippen LogP contribution in [0, 0.1) is 0 Å². The highest BCUT2D eigenvalue weighted by atomic mass is 32.2. The predicted octanol–water partition coefficient (Wildman–Crippen LogP) is 3.74. The molecule has 0 aliphatic carbocycles. The molecular formula is C20H17F2N3O3S. The Kier molecular flexibility index (Phi) is 6.61. The fraction of sp³-hybridized carbons (Fsp3) is 0.150. The van der Waals surface area contributed by atoms with Crippen molar-refractivity contribution in [3.05, 3.63) is 66.4 Å². The van der Waals surface area contributed by atoms with Crippen LogP contribution in [0.2, 0.25) is 0 Å². The van der Waals surface area contributed by atoms with Gasteiger partial charge in [-0.15, -0.1) is 0 Å². The first kappa shape index (κ1) is 20.5. The Labute approximate surface area is 169 Å². The van der Waals surface area contributed by atoms with Gasteiger partial charge in [0.25, 0.3) is 5.91 Å². The number of imide groups is 1. The summed E-state index contributed by atoms with van der Waals surface area (Å²) < 4.78 is 30.4. The van der Waals surface area contributed by atoms with Crippen molar-refractivity contribution in [3.8, 4) is 17.0 Å². The van der Waals surface area contributed by atoms with Crippen molar-refractivity contribution in [3.63, 3.8) is 0 Å². The Morgan fingerprint density at radius 1 is 1.14 bits per heavy atom. The number of halogens is 2. The topological polar surface area (TPSA) is 73.2 Å². The molecule has 2 aromatic carbocycles. The highest BCUT2D eigenvalue weighted by molar-refractivity contribution is 7.99. The number of carbonyl (C=O) groups is 2. The minimum atomic E-state index is -2.94. The largest absolute Gasteiger partial charge is 0.435 e. The molecule has 0 saturated carbocycles. The molecule has 0 unspecified atom stereocenters. The molecule has 2 amide bonds. The lowest BCUT2D eigenvalue weighted by molar-refractivity contribution is -0.117. The Balaban J connectivity index is 1.55. The van der Waals surface area contributed by atoms with Crippen molar-refractivity contribution in [2.24, 2.45) is 7.05 Å². The van der Waals surface area contributed by atoms with E-state index >= 15 is 0 Å². The lowest BCUT2D eigenvalue weighted by Crippen LogP contribution is -2.31. The second-order valence-electron chi connectivity index (χ2n) is 5.92. The van der Waals surface area contributed by atoms with Gasteiger partial charge in [-0.05, 0) is 29.8 Å². The number of thioether (sulfide) groups is 1. The summed E-state index contributed by atoms with van der Waals surface area (Å²) in [5.74, 6) is -1.18. The molecule has 0 fully saturated rings. The quantitative estimate of drug-likeness (QED) is 0.593. The summed E-state index contributed by atoms with van der Waals surface area (Å²) in [5, 5.41) is 2.90. The third kappa shape index (κ3) is 5.41. The molecular weight excluding hydrogens is 400 g/mol. The van der Waals surface area contributed by atoms with E-state index in [9.17, 15) is 18.4 Å². The van der Waals surface area contributed by atoms with Crippen LogP contribution in [0.5, 0.6) is 5.75 Å². The zero-order chi connectivity index (χ0) is 20.8. The summed E-state index contributed by atoms with van der Waals surface area (Å²) in [6, 6.07) is 14.8. The SMILES string of the molecule is Cn1c(-c2ccccc2)cnc1SCC(=O)NC(=O)c1ccc(OC(F)F)cc1. The van der Waals surface area contributed by atoms with Gasteiger partial charge in [-0.1, -0.05) is 42.1 Å². The number of aromatic nitrogens is 2. The molecule has 0 saturated heterocycles. The second-order valence-corrected chi connectivity index (χ2v) is 6.86. The average molecular weight is 417 g/mol. The van der Waals surface area contributed by atoms with E-state index in [1.54, 1.807) is 6.20 Å². The van der Waals surface area contributed by atoms with Crippen LogP contribution in [0.25, 0.3) is 11.3 Å². The molecule has 3 aromatic rings. The number of alkyl halides is 2. The second kappa shape index (κ2) is 9.33. The fourth-order valence-corrected chi connectivity index (χ4v) is 3.31. The van der Waals surface area contributed by atoms with Gasteiger partial charge in [0, 0.05) is 12.6 Å². The zero-order valence-electron chi connectivity index (χ0n) is 15.3. The van der Waals surface area contributed by atoms with Crippen LogP contribution in [0.3, 0.4) is 0 Å². The maximum absolute atomic E-state index is 12.1. The first-order valence-corrected chi connectivity index (χ1v) is 9.51. The minimum absolute atomic E-state index is 0.00258. The van der Waals surface area contributed by atoms with E-state index in [2.05, 4.69) is 15.0 Å². The van der Waals surface area contributed by atoms with Crippen LogP contribution in [-0.2, 0) is 11.8 Å². The van der Waals surface area contributed by atoms with Gasteiger partial charge in [-0.3, -0.25) is 14.9 Å². The number of amides is 2. The van der Waals surface area contributed by atoms with Crippen molar-refractivity contribution in [2.75, 3.05) is 5.75 Å². The standard InChI is InChI=1S/C20H17F2N3O3S/c1-25-16(13-5-3-2-4-6-13)11-23-20(25)29-12-17(26)24-18(27)14-7-9-15(10-8-14)28-19(21)22/h2-11,19H,12H2,1H3,(H,24,26,27). The molecule has 0 spiro atoms. The minimum Gasteiger partial charge on any atom is -0.435 e. The number of hydrogen-bond donors (Lipinski definition) is 1. The van der Waals surface area contributed by atoms with Crippen molar-refractivity contribution in [2.45, 2.75) is 11.8 Å². The molecule has 1 aromatic heterocycles. The number of hydrogen-bond acceptors (Lipinski definition) is 5. The molecule has 9 heteroatoms. The number of ether oxygens (including phenoxy) is 1. The van der Waals surface area contributed by atoms with E-state index in [1.807, 2.05) is 41.9 Å². The van der Waals surface area contributed by atoms with Gasteiger partial charge in [0.2, 0.25) is 5.91 Å². The van der Waals surface area contributed by atoms with Crippen LogP contribution in [0.1, 0.15) is 10.4 Å². The van der Waals surface area contributed by atoms with Crippen LogP contribution >= 0.6 is 11.8 Å². The number of nitrogens with zero attached hydrogens (tertiary/aromatic N) is 2. The van der Waals surface area contributed by atoms with Crippen LogP contribution < -0.4 is 10.1 Å². The monoisotopic (exact) mass is 417 g/mol. The predicted molar refractivity (Wildman–Crippen MR) is 105 cm³/mol. The molecule has 0 radical (unpaired) electrons. The maximum atomic E-state index is 12.1. The Morgan fingerprint density at radius 2 is 1.83 bits per heavy atom. The Morgan fingerprint density at radius 3 is 2.48 bits per heavy atom. The number of rotatable bonds is 7. The third-order valence-corrected chi connectivity index (χ3v) is 4.99. The lowest BCUT2D eigenvalue weighted by Gasteiger charge is -2.07. The van der Waals surface area contributed by atoms with Crippen LogP contribution in [0.4, 0.5) is 8.78 Å². The first-order chi connectivity index (χ1) is 13.9. The van der Waals surface area contributed by atoms with E-state index in [1.165, 1.54) is 36.0 Å². The summed E-state index contributed by atoms with van der Waals surface area (Å²) in [4.78, 5) is 28.5. The number of benzene rings is 2. The highest BCUT2D eigenvalue weighted by Gasteiger charge is 2.14. The molecule has 0 atom stereocenters. The van der Waals surface area contributed by atoms with E-state index in [4.69, 9.17) is 0 Å². The molecule has 150 valence electrons. The number of imidazole rings is 1. The highest BCUT2D eigenvalue weighted by Crippen LogP contribution is 2.24. The van der Waals surface area contributed by atoms with Crippen LogP contribution in [0.15, 0.2) is 66.0 Å². The molecule has 1 N–H and O–H groups in total. The molecule has 0 aliphatic rings. The fourth-order valence-electron chi connectivity index (χ4n) is 2.56. The molecule has 0 aliphatic heterocycles. The summed E-state index contributed by atoms with van der Waals surface area (Å²) in [7, 11) is 1.85. The van der Waals surface area contributed by atoms with Crippen LogP contribution in [-0.4, -0.2) is 33.7 Å². The zero-order valence-corrected chi connectivity index (χ0v) is 16.2. The summed E-state index contributed by atoms with van der Waals surface area (Å²) >= 11 is 1.20. The molecule has 6 nitrogen and oxygen atoms in total. The third-order valence-electron chi connectivity index (χ3n) is 3.94. The maximum Gasteiger partial charge on any atom is 0.387 e. The van der Waals surface area contributed by atoms with E-state index in [-0.39, 0.29) is 17.1 Å². The Bertz CT molecular complexity index is 992. The van der Waals surface area contributed by atoms with E-state index < -0.39 is 18.4 Å². The molecule has 0 bridgehead atoms. The first-order valence-electron chi connectivity index (χ1n) is 8.53. The Hall–Kier alpha value is -3.20. The molecule has 1 heterocycles. The van der Waals surface area contributed by atoms with Gasteiger partial charge in [0.05, 0.1) is 17.6 Å². The smallest absolute Gasteiger partial charge is 0.387 e. The van der Waals surface area contributed by atoms with Gasteiger partial charge in [-0.25, -0.2) is 4.98 Å².